The molecule has 0 aliphatic carbocycles. The number of fused-ring (bicyclic) bond motifs is 1. The Morgan fingerprint density at radius 1 is 1.17 bits per heavy atom. The molecule has 0 unspecified atom stereocenters. The smallest absolute Gasteiger partial charge is 0.0444 e. The Kier molecular flexibility index (Phi) is 5.97. The van der Waals surface area contributed by atoms with Gasteiger partial charge in [-0.3, -0.25) is 0 Å². The predicted molar refractivity (Wildman–Crippen MR) is 82.1 cm³/mol. The molecule has 0 amide bonds. The average molecular weight is 245 g/mol. The third-order valence-electron chi connectivity index (χ3n) is 3.28. The van der Waals surface area contributed by atoms with Crippen LogP contribution in [0, 0.1) is 0 Å². The summed E-state index contributed by atoms with van der Waals surface area (Å²) in [5.41, 5.74) is 5.86. The number of hydrogen-bond acceptors (Lipinski definition) is 1. The highest BCUT2D eigenvalue weighted by atomic mass is 15.2. The second kappa shape index (κ2) is 7.25. The summed E-state index contributed by atoms with van der Waals surface area (Å²) in [5.74, 6) is 0. The fourth-order valence-electron chi connectivity index (χ4n) is 2.36. The maximum atomic E-state index is 2.51. The highest BCUT2D eigenvalue weighted by Gasteiger charge is 2.23. The molecule has 0 saturated heterocycles. The highest BCUT2D eigenvalue weighted by molar-refractivity contribution is 5.65. The summed E-state index contributed by atoms with van der Waals surface area (Å²) in [5, 5.41) is 0. The fourth-order valence-corrected chi connectivity index (χ4v) is 2.36. The SMILES string of the molecule is CC.CCCCN1C(=C(C)C)Cc2ccccc21. The molecule has 0 bridgehead atoms. The van der Waals surface area contributed by atoms with Crippen LogP contribution in [0.2, 0.25) is 0 Å². The van der Waals surface area contributed by atoms with Crippen molar-refractivity contribution in [1.29, 1.82) is 0 Å². The van der Waals surface area contributed by atoms with E-state index in [-0.39, 0.29) is 0 Å². The lowest BCUT2D eigenvalue weighted by Crippen LogP contribution is -2.20. The van der Waals surface area contributed by atoms with E-state index in [4.69, 9.17) is 0 Å². The first-order valence-electron chi connectivity index (χ1n) is 7.26. The number of allylic oxidation sites excluding steroid dienone is 2. The van der Waals surface area contributed by atoms with E-state index in [2.05, 4.69) is 49.9 Å². The third-order valence-corrected chi connectivity index (χ3v) is 3.28. The first-order chi connectivity index (χ1) is 8.74. The zero-order valence-electron chi connectivity index (χ0n) is 12.6. The van der Waals surface area contributed by atoms with Crippen molar-refractivity contribution in [1.82, 2.24) is 0 Å². The van der Waals surface area contributed by atoms with Crippen molar-refractivity contribution in [3.05, 3.63) is 41.1 Å². The third kappa shape index (κ3) is 3.16. The molecule has 0 radical (unpaired) electrons. The summed E-state index contributed by atoms with van der Waals surface area (Å²) in [7, 11) is 0. The molecule has 2 rings (SSSR count). The highest BCUT2D eigenvalue weighted by Crippen LogP contribution is 2.35. The van der Waals surface area contributed by atoms with Gasteiger partial charge < -0.3 is 4.90 Å². The molecule has 1 aliphatic rings. The normalized spacial score (nSPS) is 12.9. The van der Waals surface area contributed by atoms with Gasteiger partial charge in [-0.25, -0.2) is 0 Å². The summed E-state index contributed by atoms with van der Waals surface area (Å²) in [4.78, 5) is 2.51. The van der Waals surface area contributed by atoms with E-state index >= 15 is 0 Å². The van der Waals surface area contributed by atoms with E-state index in [1.54, 1.807) is 0 Å². The van der Waals surface area contributed by atoms with Gasteiger partial charge in [-0.15, -0.1) is 0 Å². The lowest BCUT2D eigenvalue weighted by Gasteiger charge is -2.22. The van der Waals surface area contributed by atoms with Crippen molar-refractivity contribution >= 4 is 5.69 Å². The van der Waals surface area contributed by atoms with Crippen LogP contribution in [0.4, 0.5) is 5.69 Å². The van der Waals surface area contributed by atoms with E-state index in [9.17, 15) is 0 Å². The number of nitrogens with zero attached hydrogens (tertiary/aromatic N) is 1. The van der Waals surface area contributed by atoms with Gasteiger partial charge in [0.05, 0.1) is 0 Å². The standard InChI is InChI=1S/C15H21N.C2H6/c1-4-5-10-16-14-9-7-6-8-13(14)11-15(16)12(2)3;1-2/h6-9H,4-5,10-11H2,1-3H3;1-2H3. The van der Waals surface area contributed by atoms with E-state index in [0.717, 1.165) is 13.0 Å². The van der Waals surface area contributed by atoms with Gasteiger partial charge in [0.25, 0.3) is 0 Å². The molecular weight excluding hydrogens is 218 g/mol. The molecule has 100 valence electrons. The van der Waals surface area contributed by atoms with E-state index < -0.39 is 0 Å². The van der Waals surface area contributed by atoms with Crippen LogP contribution in [0.5, 0.6) is 0 Å². The Morgan fingerprint density at radius 2 is 1.83 bits per heavy atom. The van der Waals surface area contributed by atoms with Crippen LogP contribution in [0.3, 0.4) is 0 Å². The van der Waals surface area contributed by atoms with Crippen molar-refractivity contribution in [3.63, 3.8) is 0 Å². The van der Waals surface area contributed by atoms with Crippen molar-refractivity contribution in [2.24, 2.45) is 0 Å². The van der Waals surface area contributed by atoms with E-state index in [1.807, 2.05) is 13.8 Å². The molecule has 0 saturated carbocycles. The van der Waals surface area contributed by atoms with Gasteiger partial charge in [0.1, 0.15) is 0 Å². The first-order valence-corrected chi connectivity index (χ1v) is 7.26. The number of para-hydroxylation sites is 1. The first kappa shape index (κ1) is 14.8. The lowest BCUT2D eigenvalue weighted by atomic mass is 10.1. The molecule has 0 atom stereocenters. The monoisotopic (exact) mass is 245 g/mol. The van der Waals surface area contributed by atoms with Crippen LogP contribution in [-0.4, -0.2) is 6.54 Å². The second-order valence-electron chi connectivity index (χ2n) is 4.76. The van der Waals surface area contributed by atoms with Crippen LogP contribution >= 0.6 is 0 Å². The number of unbranched alkanes of at least 4 members (excludes halogenated alkanes) is 1. The van der Waals surface area contributed by atoms with Gasteiger partial charge >= 0.3 is 0 Å². The van der Waals surface area contributed by atoms with Crippen molar-refractivity contribution in [2.45, 2.75) is 53.9 Å². The minimum atomic E-state index is 1.11. The fraction of sp³-hybridized carbons (Fsp3) is 0.529. The molecule has 1 aromatic carbocycles. The number of hydrogen-bond donors (Lipinski definition) is 0. The van der Waals surface area contributed by atoms with Gasteiger partial charge in [-0.05, 0) is 31.9 Å². The molecule has 18 heavy (non-hydrogen) atoms. The van der Waals surface area contributed by atoms with Crippen LogP contribution in [0.25, 0.3) is 0 Å². The molecule has 0 spiro atoms. The minimum absolute atomic E-state index is 1.11. The quantitative estimate of drug-likeness (QED) is 0.710. The summed E-state index contributed by atoms with van der Waals surface area (Å²) >= 11 is 0. The maximum Gasteiger partial charge on any atom is 0.0444 e. The molecular formula is C17H27N. The van der Waals surface area contributed by atoms with Gasteiger partial charge in [0.2, 0.25) is 0 Å². The van der Waals surface area contributed by atoms with Crippen LogP contribution in [-0.2, 0) is 6.42 Å². The zero-order valence-corrected chi connectivity index (χ0v) is 12.6. The Hall–Kier alpha value is -1.24. The average Bonchev–Trinajstić information content (AvgIpc) is 2.77. The van der Waals surface area contributed by atoms with Crippen LogP contribution in [0.15, 0.2) is 35.5 Å². The molecule has 1 heteroatoms. The van der Waals surface area contributed by atoms with Crippen molar-refractivity contribution in [3.8, 4) is 0 Å². The zero-order chi connectivity index (χ0) is 13.5. The van der Waals surface area contributed by atoms with Crippen molar-refractivity contribution in [2.75, 3.05) is 11.4 Å². The summed E-state index contributed by atoms with van der Waals surface area (Å²) in [6, 6.07) is 8.79. The predicted octanol–water partition coefficient (Wildman–Crippen LogP) is 5.17. The van der Waals surface area contributed by atoms with E-state index in [1.165, 1.54) is 35.4 Å². The van der Waals surface area contributed by atoms with Gasteiger partial charge in [-0.1, -0.05) is 51.0 Å². The Bertz CT molecular complexity index is 400. The Morgan fingerprint density at radius 3 is 2.44 bits per heavy atom. The number of anilines is 1. The molecule has 0 fully saturated rings. The van der Waals surface area contributed by atoms with E-state index in [0.29, 0.717) is 0 Å². The molecule has 1 aliphatic heterocycles. The van der Waals surface area contributed by atoms with Crippen molar-refractivity contribution < 1.29 is 0 Å². The minimum Gasteiger partial charge on any atom is -0.345 e. The maximum absolute atomic E-state index is 2.51. The molecule has 0 N–H and O–H groups in total. The van der Waals surface area contributed by atoms with Crippen LogP contribution < -0.4 is 4.90 Å². The van der Waals surface area contributed by atoms with Gasteiger partial charge in [-0.2, -0.15) is 0 Å². The number of rotatable bonds is 3. The summed E-state index contributed by atoms with van der Waals surface area (Å²) in [6.45, 7) is 11.9. The second-order valence-corrected chi connectivity index (χ2v) is 4.76. The molecule has 1 heterocycles. The molecule has 1 aromatic rings. The summed E-state index contributed by atoms with van der Waals surface area (Å²) < 4.78 is 0. The Balaban J connectivity index is 0.000000771. The molecule has 0 aromatic heterocycles. The summed E-state index contributed by atoms with van der Waals surface area (Å²) in [6.07, 6.45) is 3.64. The molecule has 1 nitrogen and oxygen atoms in total. The number of benzene rings is 1. The largest absolute Gasteiger partial charge is 0.345 e. The Labute approximate surface area is 113 Å². The van der Waals surface area contributed by atoms with Gasteiger partial charge in [0.15, 0.2) is 0 Å². The van der Waals surface area contributed by atoms with Crippen LogP contribution in [0.1, 0.15) is 53.0 Å². The van der Waals surface area contributed by atoms with Gasteiger partial charge in [0, 0.05) is 24.4 Å². The topological polar surface area (TPSA) is 3.24 Å². The lowest BCUT2D eigenvalue weighted by molar-refractivity contribution is 0.767.